The minimum absolute atomic E-state index is 0. The minimum atomic E-state index is -3.31. The van der Waals surface area contributed by atoms with E-state index in [-0.39, 0.29) is 18.4 Å². The Bertz CT molecular complexity index is 313. The van der Waals surface area contributed by atoms with Crippen LogP contribution in [-0.4, -0.2) is 58.2 Å². The smallest absolute Gasteiger partial charge is 0.279 e. The Morgan fingerprint density at radius 3 is 2.35 bits per heavy atom. The molecule has 2 aliphatic rings. The number of ether oxygens (including phenoxy) is 1. The maximum Gasteiger partial charge on any atom is 0.279 e. The summed E-state index contributed by atoms with van der Waals surface area (Å²) in [7, 11) is -3.31. The summed E-state index contributed by atoms with van der Waals surface area (Å²) in [5, 5.41) is 3.21. The normalized spacial score (nSPS) is 24.2. The summed E-state index contributed by atoms with van der Waals surface area (Å²) in [5.74, 6) is 0. The quantitative estimate of drug-likeness (QED) is 0.721. The van der Waals surface area contributed by atoms with Crippen molar-refractivity contribution in [3.63, 3.8) is 0 Å². The van der Waals surface area contributed by atoms with Crippen LogP contribution in [0.1, 0.15) is 12.8 Å². The first-order valence-corrected chi connectivity index (χ1v) is 7.18. The minimum Gasteiger partial charge on any atom is -0.379 e. The summed E-state index contributed by atoms with van der Waals surface area (Å²) < 4.78 is 33.4. The van der Waals surface area contributed by atoms with Crippen LogP contribution in [0.25, 0.3) is 0 Å². The second-order valence-electron chi connectivity index (χ2n) is 4.16. The van der Waals surface area contributed by atoms with Gasteiger partial charge in [-0.05, 0) is 25.9 Å². The Labute approximate surface area is 109 Å². The van der Waals surface area contributed by atoms with Crippen molar-refractivity contribution < 1.29 is 13.2 Å². The van der Waals surface area contributed by atoms with Gasteiger partial charge in [-0.1, -0.05) is 0 Å². The van der Waals surface area contributed by atoms with Gasteiger partial charge in [-0.25, -0.2) is 0 Å². The Balaban J connectivity index is 0.00000144. The molecule has 17 heavy (non-hydrogen) atoms. The van der Waals surface area contributed by atoms with Crippen LogP contribution in [0.2, 0.25) is 0 Å². The van der Waals surface area contributed by atoms with Crippen molar-refractivity contribution in [1.29, 1.82) is 0 Å². The van der Waals surface area contributed by atoms with E-state index in [0.29, 0.717) is 26.3 Å². The molecule has 0 unspecified atom stereocenters. The summed E-state index contributed by atoms with van der Waals surface area (Å²) in [4.78, 5) is 0. The lowest BCUT2D eigenvalue weighted by Crippen LogP contribution is -2.51. The third-order valence-corrected chi connectivity index (χ3v) is 4.64. The Morgan fingerprint density at radius 2 is 1.76 bits per heavy atom. The molecule has 0 aromatic rings. The van der Waals surface area contributed by atoms with Crippen molar-refractivity contribution in [2.24, 2.45) is 0 Å². The average molecular weight is 286 g/mol. The molecule has 0 aromatic heterocycles. The van der Waals surface area contributed by atoms with Crippen molar-refractivity contribution in [2.45, 2.75) is 18.9 Å². The van der Waals surface area contributed by atoms with Gasteiger partial charge in [-0.15, -0.1) is 12.4 Å². The van der Waals surface area contributed by atoms with Crippen molar-refractivity contribution >= 4 is 22.6 Å². The molecule has 0 radical (unpaired) electrons. The molecule has 0 bridgehead atoms. The van der Waals surface area contributed by atoms with Crippen LogP contribution < -0.4 is 10.0 Å². The van der Waals surface area contributed by atoms with Crippen molar-refractivity contribution in [2.75, 3.05) is 39.4 Å². The summed E-state index contributed by atoms with van der Waals surface area (Å²) in [5.41, 5.74) is 0. The number of piperidine rings is 1. The number of nitrogens with zero attached hydrogens (tertiary/aromatic N) is 1. The first-order valence-electron chi connectivity index (χ1n) is 5.74. The topological polar surface area (TPSA) is 70.7 Å². The van der Waals surface area contributed by atoms with E-state index in [4.69, 9.17) is 4.74 Å². The molecule has 2 aliphatic heterocycles. The highest BCUT2D eigenvalue weighted by molar-refractivity contribution is 7.87. The molecule has 102 valence electrons. The van der Waals surface area contributed by atoms with E-state index >= 15 is 0 Å². The van der Waals surface area contributed by atoms with Gasteiger partial charge in [0.2, 0.25) is 0 Å². The van der Waals surface area contributed by atoms with E-state index in [2.05, 4.69) is 10.0 Å². The second-order valence-corrected chi connectivity index (χ2v) is 5.86. The highest BCUT2D eigenvalue weighted by Gasteiger charge is 2.27. The number of rotatable bonds is 3. The van der Waals surface area contributed by atoms with Gasteiger partial charge < -0.3 is 10.1 Å². The molecule has 2 heterocycles. The Kier molecular flexibility index (Phi) is 6.11. The first kappa shape index (κ1) is 15.1. The van der Waals surface area contributed by atoms with E-state index in [1.54, 1.807) is 0 Å². The SMILES string of the molecule is Cl.O=S(=O)(NC1CCNCC1)N1CCOCC1. The zero-order valence-corrected chi connectivity index (χ0v) is 11.4. The van der Waals surface area contributed by atoms with Gasteiger partial charge in [0.1, 0.15) is 0 Å². The van der Waals surface area contributed by atoms with Gasteiger partial charge in [0.15, 0.2) is 0 Å². The van der Waals surface area contributed by atoms with Crippen LogP contribution in [-0.2, 0) is 14.9 Å². The van der Waals surface area contributed by atoms with Gasteiger partial charge in [0.25, 0.3) is 10.2 Å². The van der Waals surface area contributed by atoms with Crippen LogP contribution in [0.3, 0.4) is 0 Å². The third-order valence-electron chi connectivity index (χ3n) is 2.96. The predicted molar refractivity (Wildman–Crippen MR) is 67.6 cm³/mol. The van der Waals surface area contributed by atoms with Crippen LogP contribution in [0, 0.1) is 0 Å². The number of halogens is 1. The van der Waals surface area contributed by atoms with Crippen molar-refractivity contribution in [3.05, 3.63) is 0 Å². The van der Waals surface area contributed by atoms with E-state index in [1.807, 2.05) is 0 Å². The highest BCUT2D eigenvalue weighted by Crippen LogP contribution is 2.08. The van der Waals surface area contributed by atoms with Crippen molar-refractivity contribution in [1.82, 2.24) is 14.3 Å². The third kappa shape index (κ3) is 4.35. The second kappa shape index (κ2) is 6.86. The molecule has 6 nitrogen and oxygen atoms in total. The molecule has 2 N–H and O–H groups in total. The average Bonchev–Trinajstić information content (AvgIpc) is 2.31. The van der Waals surface area contributed by atoms with Gasteiger partial charge in [0.05, 0.1) is 13.2 Å². The largest absolute Gasteiger partial charge is 0.379 e. The van der Waals surface area contributed by atoms with Crippen LogP contribution in [0.5, 0.6) is 0 Å². The number of morpholine rings is 1. The first-order chi connectivity index (χ1) is 7.68. The molecule has 2 saturated heterocycles. The van der Waals surface area contributed by atoms with Crippen LogP contribution >= 0.6 is 12.4 Å². The molecule has 2 fully saturated rings. The molecule has 0 saturated carbocycles. The van der Waals surface area contributed by atoms with E-state index in [0.717, 1.165) is 25.9 Å². The monoisotopic (exact) mass is 285 g/mol. The fourth-order valence-corrected chi connectivity index (χ4v) is 3.45. The summed E-state index contributed by atoms with van der Waals surface area (Å²) in [6.45, 7) is 3.67. The van der Waals surface area contributed by atoms with Gasteiger partial charge in [-0.2, -0.15) is 17.4 Å². The summed E-state index contributed by atoms with van der Waals surface area (Å²) >= 11 is 0. The lowest BCUT2D eigenvalue weighted by molar-refractivity contribution is 0.0722. The molecule has 0 spiro atoms. The van der Waals surface area contributed by atoms with Crippen LogP contribution in [0.4, 0.5) is 0 Å². The highest BCUT2D eigenvalue weighted by atomic mass is 35.5. The van der Waals surface area contributed by atoms with Crippen LogP contribution in [0.15, 0.2) is 0 Å². The molecule has 0 aliphatic carbocycles. The fraction of sp³-hybridized carbons (Fsp3) is 1.00. The number of hydrogen-bond acceptors (Lipinski definition) is 4. The van der Waals surface area contributed by atoms with E-state index in [1.165, 1.54) is 4.31 Å². The molecular weight excluding hydrogens is 266 g/mol. The lowest BCUT2D eigenvalue weighted by atomic mass is 10.1. The standard InChI is InChI=1S/C9H19N3O3S.ClH/c13-16(14,12-5-7-15-8-6-12)11-9-1-3-10-4-2-9;/h9-11H,1-8H2;1H. The predicted octanol–water partition coefficient (Wildman–Crippen LogP) is -0.673. The van der Waals surface area contributed by atoms with Gasteiger partial charge in [-0.3, -0.25) is 0 Å². The molecule has 0 aromatic carbocycles. The zero-order valence-electron chi connectivity index (χ0n) is 9.72. The summed E-state index contributed by atoms with van der Waals surface area (Å²) in [6.07, 6.45) is 1.73. The summed E-state index contributed by atoms with van der Waals surface area (Å²) in [6, 6.07) is 0.0779. The molecule has 2 rings (SSSR count). The Hall–Kier alpha value is 0.0800. The number of hydrogen-bond donors (Lipinski definition) is 2. The molecular formula is C9H20ClN3O3S. The Morgan fingerprint density at radius 1 is 1.18 bits per heavy atom. The van der Waals surface area contributed by atoms with Gasteiger partial charge in [0, 0.05) is 19.1 Å². The lowest BCUT2D eigenvalue weighted by Gasteiger charge is -2.30. The number of nitrogens with one attached hydrogen (secondary N) is 2. The van der Waals surface area contributed by atoms with Crippen molar-refractivity contribution in [3.8, 4) is 0 Å². The van der Waals surface area contributed by atoms with Gasteiger partial charge >= 0.3 is 0 Å². The zero-order chi connectivity index (χ0) is 11.4. The van der Waals surface area contributed by atoms with E-state index in [9.17, 15) is 8.42 Å². The maximum absolute atomic E-state index is 12.0. The molecule has 0 amide bonds. The molecule has 0 atom stereocenters. The molecule has 8 heteroatoms. The fourth-order valence-electron chi connectivity index (χ4n) is 2.01. The maximum atomic E-state index is 12.0. The van der Waals surface area contributed by atoms with E-state index < -0.39 is 10.2 Å².